The Kier molecular flexibility index (Phi) is 4.44. The molecule has 20 heavy (non-hydrogen) atoms. The molecule has 1 heterocycles. The van der Waals surface area contributed by atoms with Gasteiger partial charge in [-0.25, -0.2) is 4.79 Å². The van der Waals surface area contributed by atoms with Crippen molar-refractivity contribution in [1.29, 1.82) is 0 Å². The highest BCUT2D eigenvalue weighted by Gasteiger charge is 2.42. The maximum absolute atomic E-state index is 12.2. The summed E-state index contributed by atoms with van der Waals surface area (Å²) >= 11 is 1.59. The van der Waals surface area contributed by atoms with Crippen LogP contribution in [0.25, 0.3) is 0 Å². The van der Waals surface area contributed by atoms with Crippen LogP contribution < -0.4 is 0 Å². The van der Waals surface area contributed by atoms with Gasteiger partial charge in [0.05, 0.1) is 11.1 Å². The van der Waals surface area contributed by atoms with Crippen LogP contribution in [0.2, 0.25) is 0 Å². The van der Waals surface area contributed by atoms with Crippen LogP contribution in [0.4, 0.5) is 0 Å². The predicted molar refractivity (Wildman–Crippen MR) is 76.0 cm³/mol. The van der Waals surface area contributed by atoms with Crippen molar-refractivity contribution in [1.82, 2.24) is 4.90 Å². The molecule has 5 nitrogen and oxygen atoms in total. The molecule has 0 spiro atoms. The van der Waals surface area contributed by atoms with E-state index in [2.05, 4.69) is 0 Å². The molecule has 0 aromatic heterocycles. The van der Waals surface area contributed by atoms with E-state index < -0.39 is 23.8 Å². The second-order valence-electron chi connectivity index (χ2n) is 4.37. The molecule has 0 saturated carbocycles. The highest BCUT2D eigenvalue weighted by molar-refractivity contribution is 7.99. The Labute approximate surface area is 121 Å². The van der Waals surface area contributed by atoms with Gasteiger partial charge in [-0.15, -0.1) is 0 Å². The average molecular weight is 293 g/mol. The first kappa shape index (κ1) is 14.6. The number of hydrogen-bond acceptors (Lipinski definition) is 4. The number of imide groups is 1. The minimum Gasteiger partial charge on any atom is -0.480 e. The van der Waals surface area contributed by atoms with Gasteiger partial charge < -0.3 is 5.11 Å². The number of carbonyl (C=O) groups is 3. The molecular formula is C14H15NO4S. The number of amides is 2. The van der Waals surface area contributed by atoms with E-state index in [4.69, 9.17) is 0 Å². The van der Waals surface area contributed by atoms with Gasteiger partial charge in [0, 0.05) is 0 Å². The number of fused-ring (bicyclic) bond motifs is 1. The molecule has 1 atom stereocenters. The van der Waals surface area contributed by atoms with Gasteiger partial charge in [-0.05, 0) is 30.1 Å². The summed E-state index contributed by atoms with van der Waals surface area (Å²) in [6.45, 7) is 1.97. The highest BCUT2D eigenvalue weighted by atomic mass is 32.2. The minimum absolute atomic E-state index is 0.263. The summed E-state index contributed by atoms with van der Waals surface area (Å²) in [6.07, 6.45) is 0.263. The molecular weight excluding hydrogens is 278 g/mol. The zero-order valence-corrected chi connectivity index (χ0v) is 11.9. The number of aliphatic carboxylic acids is 1. The van der Waals surface area contributed by atoms with E-state index in [1.165, 1.54) is 0 Å². The summed E-state index contributed by atoms with van der Waals surface area (Å²) in [5.74, 6) is -0.704. The summed E-state index contributed by atoms with van der Waals surface area (Å²) in [6, 6.07) is 5.33. The van der Waals surface area contributed by atoms with Gasteiger partial charge in [-0.2, -0.15) is 11.8 Å². The van der Waals surface area contributed by atoms with E-state index in [0.717, 1.165) is 10.7 Å². The van der Waals surface area contributed by atoms with E-state index in [9.17, 15) is 19.5 Å². The second-order valence-corrected chi connectivity index (χ2v) is 5.76. The van der Waals surface area contributed by atoms with Gasteiger partial charge >= 0.3 is 5.97 Å². The van der Waals surface area contributed by atoms with Crippen molar-refractivity contribution in [3.63, 3.8) is 0 Å². The fourth-order valence-corrected chi connectivity index (χ4v) is 2.87. The number of hydrogen-bond donors (Lipinski definition) is 1. The normalized spacial score (nSPS) is 15.3. The van der Waals surface area contributed by atoms with Crippen molar-refractivity contribution in [2.45, 2.75) is 19.4 Å². The van der Waals surface area contributed by atoms with Crippen molar-refractivity contribution < 1.29 is 19.5 Å². The van der Waals surface area contributed by atoms with Crippen LogP contribution in [0.15, 0.2) is 24.3 Å². The van der Waals surface area contributed by atoms with Gasteiger partial charge in [0.1, 0.15) is 6.04 Å². The third kappa shape index (κ3) is 2.56. The smallest absolute Gasteiger partial charge is 0.326 e. The highest BCUT2D eigenvalue weighted by Crippen LogP contribution is 2.26. The first-order valence-electron chi connectivity index (χ1n) is 6.35. The molecule has 0 fully saturated rings. The van der Waals surface area contributed by atoms with Gasteiger partial charge in [0.2, 0.25) is 0 Å². The van der Waals surface area contributed by atoms with Crippen molar-refractivity contribution >= 4 is 29.5 Å². The van der Waals surface area contributed by atoms with Crippen LogP contribution in [-0.2, 0) is 4.79 Å². The lowest BCUT2D eigenvalue weighted by Gasteiger charge is -2.22. The number of carboxylic acids is 1. The van der Waals surface area contributed by atoms with Crippen LogP contribution in [-0.4, -0.2) is 45.3 Å². The Balaban J connectivity index is 2.25. The molecule has 0 bridgehead atoms. The molecule has 6 heteroatoms. The third-order valence-electron chi connectivity index (χ3n) is 3.16. The van der Waals surface area contributed by atoms with E-state index in [1.54, 1.807) is 36.0 Å². The quantitative estimate of drug-likeness (QED) is 0.640. The van der Waals surface area contributed by atoms with Crippen molar-refractivity contribution in [2.24, 2.45) is 0 Å². The summed E-state index contributed by atoms with van der Waals surface area (Å²) < 4.78 is 0. The maximum Gasteiger partial charge on any atom is 0.326 e. The third-order valence-corrected chi connectivity index (χ3v) is 4.09. The van der Waals surface area contributed by atoms with Gasteiger partial charge in [0.25, 0.3) is 11.8 Å². The fourth-order valence-electron chi connectivity index (χ4n) is 2.19. The SMILES string of the molecule is CCSCC[C@H](C(=O)O)N1C(=O)c2ccccc2C1=O. The van der Waals surface area contributed by atoms with Crippen LogP contribution in [0, 0.1) is 0 Å². The predicted octanol–water partition coefficient (Wildman–Crippen LogP) is 1.88. The zero-order valence-electron chi connectivity index (χ0n) is 11.0. The Morgan fingerprint density at radius 1 is 1.25 bits per heavy atom. The lowest BCUT2D eigenvalue weighted by atomic mass is 10.1. The Morgan fingerprint density at radius 2 is 1.80 bits per heavy atom. The Bertz CT molecular complexity index is 523. The molecule has 106 valence electrons. The largest absolute Gasteiger partial charge is 0.480 e. The van der Waals surface area contributed by atoms with Crippen LogP contribution in [0.1, 0.15) is 34.1 Å². The average Bonchev–Trinajstić information content (AvgIpc) is 2.68. The molecule has 1 aliphatic heterocycles. The monoisotopic (exact) mass is 293 g/mol. The minimum atomic E-state index is -1.14. The van der Waals surface area contributed by atoms with Gasteiger partial charge in [0.15, 0.2) is 0 Å². The molecule has 0 saturated heterocycles. The fraction of sp³-hybridized carbons (Fsp3) is 0.357. The van der Waals surface area contributed by atoms with Crippen molar-refractivity contribution in [3.8, 4) is 0 Å². The Morgan fingerprint density at radius 3 is 2.25 bits per heavy atom. The van der Waals surface area contributed by atoms with E-state index in [1.807, 2.05) is 6.92 Å². The summed E-state index contributed by atoms with van der Waals surface area (Å²) in [7, 11) is 0. The molecule has 0 unspecified atom stereocenters. The number of nitrogens with zero attached hydrogens (tertiary/aromatic N) is 1. The number of carbonyl (C=O) groups excluding carboxylic acids is 2. The Hall–Kier alpha value is -1.82. The molecule has 0 radical (unpaired) electrons. The summed E-state index contributed by atoms with van der Waals surface area (Å²) in [5.41, 5.74) is 0.568. The van der Waals surface area contributed by atoms with Crippen molar-refractivity contribution in [3.05, 3.63) is 35.4 Å². The first-order valence-corrected chi connectivity index (χ1v) is 7.50. The molecule has 2 amide bonds. The van der Waals surface area contributed by atoms with Crippen LogP contribution in [0.3, 0.4) is 0 Å². The molecule has 1 aliphatic rings. The number of benzene rings is 1. The lowest BCUT2D eigenvalue weighted by molar-refractivity contribution is -0.141. The van der Waals surface area contributed by atoms with Crippen LogP contribution >= 0.6 is 11.8 Å². The standard InChI is InChI=1S/C14H15NO4S/c1-2-20-8-7-11(14(18)19)15-12(16)9-5-3-4-6-10(9)13(15)17/h3-6,11H,2,7-8H2,1H3,(H,18,19)/t11-/m1/s1. The zero-order chi connectivity index (χ0) is 14.7. The van der Waals surface area contributed by atoms with Crippen molar-refractivity contribution in [2.75, 3.05) is 11.5 Å². The topological polar surface area (TPSA) is 74.7 Å². The second kappa shape index (κ2) is 6.09. The molecule has 1 N–H and O–H groups in total. The van der Waals surface area contributed by atoms with E-state index >= 15 is 0 Å². The van der Waals surface area contributed by atoms with Crippen LogP contribution in [0.5, 0.6) is 0 Å². The van der Waals surface area contributed by atoms with Gasteiger partial charge in [-0.3, -0.25) is 14.5 Å². The van der Waals surface area contributed by atoms with E-state index in [-0.39, 0.29) is 17.5 Å². The van der Waals surface area contributed by atoms with E-state index in [0.29, 0.717) is 5.75 Å². The summed E-state index contributed by atoms with van der Waals surface area (Å²) in [4.78, 5) is 36.7. The number of thioether (sulfide) groups is 1. The number of carboxylic acid groups (broad SMARTS) is 1. The molecule has 2 rings (SSSR count). The first-order chi connectivity index (χ1) is 9.57. The molecule has 1 aromatic carbocycles. The number of rotatable bonds is 6. The molecule has 1 aromatic rings. The lowest BCUT2D eigenvalue weighted by Crippen LogP contribution is -2.45. The van der Waals surface area contributed by atoms with Gasteiger partial charge in [-0.1, -0.05) is 19.1 Å². The summed E-state index contributed by atoms with van der Waals surface area (Å²) in [5, 5.41) is 9.29. The molecule has 0 aliphatic carbocycles. The maximum atomic E-state index is 12.2.